The number of halogens is 1. The van der Waals surface area contributed by atoms with E-state index in [4.69, 9.17) is 17.3 Å². The van der Waals surface area contributed by atoms with E-state index in [1.807, 2.05) is 6.07 Å². The Morgan fingerprint density at radius 2 is 2.22 bits per heavy atom. The van der Waals surface area contributed by atoms with Crippen LogP contribution in [0.25, 0.3) is 0 Å². The van der Waals surface area contributed by atoms with Gasteiger partial charge in [-0.3, -0.25) is 14.7 Å². The number of hydrogen-bond donors (Lipinski definition) is 1. The van der Waals surface area contributed by atoms with Gasteiger partial charge in [-0.15, -0.1) is 0 Å². The molecule has 2 N–H and O–H groups in total. The Labute approximate surface area is 112 Å². The van der Waals surface area contributed by atoms with Crippen LogP contribution in [0.3, 0.4) is 0 Å². The molecule has 1 aliphatic carbocycles. The van der Waals surface area contributed by atoms with Gasteiger partial charge in [0.1, 0.15) is 0 Å². The first kappa shape index (κ1) is 13.3. The van der Waals surface area contributed by atoms with Crippen LogP contribution in [0.5, 0.6) is 0 Å². The minimum absolute atomic E-state index is 0.288. The number of amides is 1. The first-order chi connectivity index (χ1) is 8.65. The van der Waals surface area contributed by atoms with Crippen LogP contribution >= 0.6 is 11.6 Å². The molecule has 0 saturated heterocycles. The predicted octanol–water partition coefficient (Wildman–Crippen LogP) is 1.96. The van der Waals surface area contributed by atoms with Gasteiger partial charge in [-0.25, -0.2) is 0 Å². The van der Waals surface area contributed by atoms with Gasteiger partial charge in [0.15, 0.2) is 0 Å². The molecule has 1 fully saturated rings. The number of nitrogens with zero attached hydrogens (tertiary/aromatic N) is 2. The van der Waals surface area contributed by atoms with E-state index in [9.17, 15) is 4.79 Å². The maximum absolute atomic E-state index is 11.2. The second-order valence-electron chi connectivity index (χ2n) is 4.77. The molecule has 0 aliphatic heterocycles. The number of primary amides is 1. The van der Waals surface area contributed by atoms with E-state index in [1.165, 1.54) is 12.8 Å². The second kappa shape index (κ2) is 6.16. The lowest BCUT2D eigenvalue weighted by atomic mass is 10.2. The molecule has 0 radical (unpaired) electrons. The Morgan fingerprint density at radius 3 is 2.83 bits per heavy atom. The predicted molar refractivity (Wildman–Crippen MR) is 71.1 cm³/mol. The Kier molecular flexibility index (Phi) is 4.55. The Balaban J connectivity index is 2.06. The van der Waals surface area contributed by atoms with Crippen molar-refractivity contribution >= 4 is 17.5 Å². The van der Waals surface area contributed by atoms with Gasteiger partial charge in [-0.2, -0.15) is 0 Å². The van der Waals surface area contributed by atoms with E-state index < -0.39 is 0 Å². The van der Waals surface area contributed by atoms with Gasteiger partial charge in [0, 0.05) is 23.8 Å². The summed E-state index contributed by atoms with van der Waals surface area (Å²) < 4.78 is 0. The van der Waals surface area contributed by atoms with E-state index in [-0.39, 0.29) is 5.91 Å². The van der Waals surface area contributed by atoms with Crippen LogP contribution < -0.4 is 5.73 Å². The number of carbonyl (C=O) groups is 1. The molecule has 1 aliphatic rings. The van der Waals surface area contributed by atoms with Gasteiger partial charge >= 0.3 is 0 Å². The van der Waals surface area contributed by atoms with Crippen molar-refractivity contribution in [1.82, 2.24) is 9.88 Å². The molecule has 0 aromatic carbocycles. The summed E-state index contributed by atoms with van der Waals surface area (Å²) in [5, 5.41) is 0.672. The van der Waals surface area contributed by atoms with E-state index in [0.717, 1.165) is 18.5 Å². The zero-order valence-corrected chi connectivity index (χ0v) is 11.1. The zero-order chi connectivity index (χ0) is 13.0. The molecule has 0 bridgehead atoms. The summed E-state index contributed by atoms with van der Waals surface area (Å²) in [5.74, 6) is -0.288. The fraction of sp³-hybridized carbons (Fsp3) is 0.538. The minimum atomic E-state index is -0.288. The smallest absolute Gasteiger partial charge is 0.231 e. The van der Waals surface area contributed by atoms with Gasteiger partial charge in [-0.1, -0.05) is 24.4 Å². The Morgan fingerprint density at radius 1 is 1.50 bits per heavy atom. The summed E-state index contributed by atoms with van der Waals surface area (Å²) in [6.07, 6.45) is 6.41. The summed E-state index contributed by atoms with van der Waals surface area (Å²) >= 11 is 5.94. The van der Waals surface area contributed by atoms with Crippen molar-refractivity contribution < 1.29 is 4.79 Å². The molecule has 18 heavy (non-hydrogen) atoms. The maximum atomic E-state index is 11.2. The lowest BCUT2D eigenvalue weighted by molar-refractivity contribution is -0.119. The van der Waals surface area contributed by atoms with Crippen LogP contribution in [-0.4, -0.2) is 28.4 Å². The van der Waals surface area contributed by atoms with Crippen molar-refractivity contribution in [3.63, 3.8) is 0 Å². The van der Waals surface area contributed by atoms with Crippen LogP contribution in [0, 0.1) is 0 Å². The fourth-order valence-corrected chi connectivity index (χ4v) is 2.71. The maximum Gasteiger partial charge on any atom is 0.231 e. The average Bonchev–Trinajstić information content (AvgIpc) is 2.80. The molecule has 1 aromatic heterocycles. The van der Waals surface area contributed by atoms with Crippen molar-refractivity contribution in [3.8, 4) is 0 Å². The van der Waals surface area contributed by atoms with Crippen molar-refractivity contribution in [3.05, 3.63) is 29.0 Å². The Hall–Kier alpha value is -1.13. The van der Waals surface area contributed by atoms with E-state index in [1.54, 1.807) is 12.3 Å². The number of pyridine rings is 1. The molecule has 4 nitrogen and oxygen atoms in total. The molecular formula is C13H18ClN3O. The van der Waals surface area contributed by atoms with Gasteiger partial charge in [0.2, 0.25) is 5.91 Å². The van der Waals surface area contributed by atoms with Crippen LogP contribution in [-0.2, 0) is 11.3 Å². The molecule has 1 saturated carbocycles. The molecule has 1 amide bonds. The first-order valence-corrected chi connectivity index (χ1v) is 6.66. The monoisotopic (exact) mass is 267 g/mol. The summed E-state index contributed by atoms with van der Waals surface area (Å²) in [7, 11) is 0. The molecular weight excluding hydrogens is 250 g/mol. The van der Waals surface area contributed by atoms with Crippen LogP contribution in [0.15, 0.2) is 18.3 Å². The summed E-state index contributed by atoms with van der Waals surface area (Å²) in [6, 6.07) is 4.03. The highest BCUT2D eigenvalue weighted by atomic mass is 35.5. The third-order valence-corrected chi connectivity index (χ3v) is 3.58. The number of carbonyl (C=O) groups excluding carboxylic acids is 1. The normalized spacial score (nSPS) is 16.3. The van der Waals surface area contributed by atoms with Crippen LogP contribution in [0.2, 0.25) is 5.02 Å². The average molecular weight is 268 g/mol. The van der Waals surface area contributed by atoms with E-state index >= 15 is 0 Å². The topological polar surface area (TPSA) is 59.2 Å². The molecule has 1 heterocycles. The Bertz CT molecular complexity index is 418. The SMILES string of the molecule is NC(=O)CN(Cc1cc(Cl)ccn1)C1CCCC1. The van der Waals surface area contributed by atoms with E-state index in [2.05, 4.69) is 9.88 Å². The van der Waals surface area contributed by atoms with Crippen molar-refractivity contribution in [2.75, 3.05) is 6.54 Å². The highest BCUT2D eigenvalue weighted by molar-refractivity contribution is 6.30. The highest BCUT2D eigenvalue weighted by Gasteiger charge is 2.24. The third kappa shape index (κ3) is 3.68. The lowest BCUT2D eigenvalue weighted by Gasteiger charge is -2.27. The number of rotatable bonds is 5. The largest absolute Gasteiger partial charge is 0.369 e. The quantitative estimate of drug-likeness (QED) is 0.887. The summed E-state index contributed by atoms with van der Waals surface area (Å²) in [5.41, 5.74) is 6.20. The van der Waals surface area contributed by atoms with Gasteiger partial charge in [0.05, 0.1) is 12.2 Å². The minimum Gasteiger partial charge on any atom is -0.369 e. The number of aromatic nitrogens is 1. The fourth-order valence-electron chi connectivity index (χ4n) is 2.53. The highest BCUT2D eigenvalue weighted by Crippen LogP contribution is 2.24. The molecule has 1 aromatic rings. The summed E-state index contributed by atoms with van der Waals surface area (Å²) in [6.45, 7) is 0.924. The van der Waals surface area contributed by atoms with Gasteiger partial charge in [0.25, 0.3) is 0 Å². The van der Waals surface area contributed by atoms with Crippen molar-refractivity contribution in [2.45, 2.75) is 38.3 Å². The molecule has 98 valence electrons. The third-order valence-electron chi connectivity index (χ3n) is 3.34. The van der Waals surface area contributed by atoms with Gasteiger partial charge in [-0.05, 0) is 25.0 Å². The molecule has 0 unspecified atom stereocenters. The number of hydrogen-bond acceptors (Lipinski definition) is 3. The second-order valence-corrected chi connectivity index (χ2v) is 5.21. The molecule has 5 heteroatoms. The molecule has 0 spiro atoms. The van der Waals surface area contributed by atoms with Crippen LogP contribution in [0.4, 0.5) is 0 Å². The zero-order valence-electron chi connectivity index (χ0n) is 10.3. The molecule has 2 rings (SSSR count). The standard InChI is InChI=1S/C13H18ClN3O/c14-10-5-6-16-11(7-10)8-17(9-13(15)18)12-3-1-2-4-12/h5-7,12H,1-4,8-9H2,(H2,15,18). The van der Waals surface area contributed by atoms with E-state index in [0.29, 0.717) is 24.2 Å². The number of nitrogens with two attached hydrogens (primary N) is 1. The lowest BCUT2D eigenvalue weighted by Crippen LogP contribution is -2.39. The summed E-state index contributed by atoms with van der Waals surface area (Å²) in [4.78, 5) is 17.6. The molecule has 0 atom stereocenters. The first-order valence-electron chi connectivity index (χ1n) is 6.28. The van der Waals surface area contributed by atoms with Gasteiger partial charge < -0.3 is 5.73 Å². The van der Waals surface area contributed by atoms with Crippen molar-refractivity contribution in [1.29, 1.82) is 0 Å². The van der Waals surface area contributed by atoms with Crippen molar-refractivity contribution in [2.24, 2.45) is 5.73 Å². The van der Waals surface area contributed by atoms with Crippen LogP contribution in [0.1, 0.15) is 31.4 Å².